The van der Waals surface area contributed by atoms with Crippen LogP contribution in [0, 0.1) is 0 Å². The van der Waals surface area contributed by atoms with E-state index in [2.05, 4.69) is 31.5 Å². The molecule has 1 aliphatic carbocycles. The van der Waals surface area contributed by atoms with Crippen molar-refractivity contribution in [2.45, 2.75) is 57.6 Å². The Morgan fingerprint density at radius 3 is 2.62 bits per heavy atom. The summed E-state index contributed by atoms with van der Waals surface area (Å²) in [5, 5.41) is 16.6. The van der Waals surface area contributed by atoms with E-state index in [0.29, 0.717) is 30.4 Å². The van der Waals surface area contributed by atoms with Gasteiger partial charge in [-0.05, 0) is 50.7 Å². The average molecular weight is 540 g/mol. The van der Waals surface area contributed by atoms with Crippen LogP contribution in [-0.4, -0.2) is 90.6 Å². The van der Waals surface area contributed by atoms with E-state index in [1.165, 1.54) is 0 Å². The van der Waals surface area contributed by atoms with Crippen molar-refractivity contribution in [3.05, 3.63) is 29.6 Å². The molecule has 0 bridgehead atoms. The zero-order chi connectivity index (χ0) is 27.2. The van der Waals surface area contributed by atoms with Crippen LogP contribution in [0.15, 0.2) is 18.2 Å². The summed E-state index contributed by atoms with van der Waals surface area (Å²) in [6.45, 7) is 9.13. The first-order valence-corrected chi connectivity index (χ1v) is 14.2. The predicted octanol–water partition coefficient (Wildman–Crippen LogP) is 2.52. The Hall–Kier alpha value is -3.15. The van der Waals surface area contributed by atoms with E-state index in [1.54, 1.807) is 0 Å². The van der Waals surface area contributed by atoms with Crippen molar-refractivity contribution in [3.8, 4) is 5.75 Å². The standard InChI is InChI=1S/C28H41N7O4/c1-2-22-27(30-19-4-7-21(36)8-5-19)33-28(25(32-22)26(29)37)31-20-6-9-23-24(18-20)39-17-14-35(23)11-3-10-34-12-15-38-16-13-34/h6,9,18-19,21,36H,2-5,7-8,10-17H2,1H3,(H2,29,37)(H2,30,31,33). The second-order valence-corrected chi connectivity index (χ2v) is 10.5. The van der Waals surface area contributed by atoms with Crippen molar-refractivity contribution in [3.63, 3.8) is 0 Å². The number of nitrogens with two attached hydrogens (primary N) is 1. The number of carbonyl (C=O) groups is 1. The predicted molar refractivity (Wildman–Crippen MR) is 151 cm³/mol. The summed E-state index contributed by atoms with van der Waals surface area (Å²) in [7, 11) is 0. The fourth-order valence-electron chi connectivity index (χ4n) is 5.54. The molecule has 1 aromatic heterocycles. The zero-order valence-corrected chi connectivity index (χ0v) is 22.8. The summed E-state index contributed by atoms with van der Waals surface area (Å²) < 4.78 is 11.5. The molecule has 3 aliphatic rings. The Kier molecular flexibility index (Phi) is 9.00. The molecule has 0 unspecified atom stereocenters. The van der Waals surface area contributed by atoms with Gasteiger partial charge in [-0.1, -0.05) is 6.92 Å². The number of hydrogen-bond donors (Lipinski definition) is 4. The van der Waals surface area contributed by atoms with E-state index >= 15 is 0 Å². The van der Waals surface area contributed by atoms with Gasteiger partial charge in [-0.2, -0.15) is 0 Å². The first kappa shape index (κ1) is 27.4. The van der Waals surface area contributed by atoms with E-state index < -0.39 is 5.91 Å². The van der Waals surface area contributed by atoms with Gasteiger partial charge in [0.15, 0.2) is 11.5 Å². The minimum Gasteiger partial charge on any atom is -0.489 e. The Morgan fingerprint density at radius 2 is 1.87 bits per heavy atom. The second kappa shape index (κ2) is 12.8. The molecule has 1 saturated carbocycles. The van der Waals surface area contributed by atoms with Gasteiger partial charge in [0.25, 0.3) is 5.91 Å². The maximum absolute atomic E-state index is 12.3. The molecule has 0 spiro atoms. The third-order valence-electron chi connectivity index (χ3n) is 7.76. The van der Waals surface area contributed by atoms with Gasteiger partial charge in [-0.15, -0.1) is 0 Å². The number of primary amides is 1. The molecule has 2 aliphatic heterocycles. The third-order valence-corrected chi connectivity index (χ3v) is 7.76. The highest BCUT2D eigenvalue weighted by molar-refractivity contribution is 5.96. The number of nitrogens with one attached hydrogen (secondary N) is 2. The van der Waals surface area contributed by atoms with E-state index in [9.17, 15) is 9.90 Å². The van der Waals surface area contributed by atoms with Gasteiger partial charge < -0.3 is 35.8 Å². The van der Waals surface area contributed by atoms with Crippen LogP contribution < -0.4 is 26.0 Å². The summed E-state index contributed by atoms with van der Waals surface area (Å²) >= 11 is 0. The monoisotopic (exact) mass is 539 g/mol. The number of rotatable bonds is 10. The normalized spacial score (nSPS) is 21.6. The molecule has 2 aromatic rings. The number of carbonyl (C=O) groups excluding carboxylic acids is 1. The fraction of sp³-hybridized carbons (Fsp3) is 0.607. The number of ether oxygens (including phenoxy) is 2. The van der Waals surface area contributed by atoms with Crippen molar-refractivity contribution in [1.82, 2.24) is 14.9 Å². The number of aromatic nitrogens is 2. The first-order valence-electron chi connectivity index (χ1n) is 14.2. The summed E-state index contributed by atoms with van der Waals surface area (Å²) in [6, 6.07) is 6.17. The lowest BCUT2D eigenvalue weighted by atomic mass is 9.93. The minimum atomic E-state index is -0.632. The Labute approximate surface area is 230 Å². The van der Waals surface area contributed by atoms with Gasteiger partial charge in [0.1, 0.15) is 18.2 Å². The first-order chi connectivity index (χ1) is 19.0. The number of amides is 1. The molecule has 0 atom stereocenters. The molecule has 5 rings (SSSR count). The third kappa shape index (κ3) is 6.90. The fourth-order valence-corrected chi connectivity index (χ4v) is 5.54. The number of aliphatic hydroxyl groups excluding tert-OH is 1. The quantitative estimate of drug-likeness (QED) is 0.356. The van der Waals surface area contributed by atoms with Crippen molar-refractivity contribution in [1.29, 1.82) is 0 Å². The number of morpholine rings is 1. The van der Waals surface area contributed by atoms with E-state index in [-0.39, 0.29) is 17.8 Å². The van der Waals surface area contributed by atoms with Crippen LogP contribution in [0.1, 0.15) is 55.2 Å². The molecule has 1 saturated heterocycles. The summed E-state index contributed by atoms with van der Waals surface area (Å²) in [6.07, 6.45) is 4.69. The van der Waals surface area contributed by atoms with E-state index in [4.69, 9.17) is 20.2 Å². The molecule has 11 heteroatoms. The van der Waals surface area contributed by atoms with Gasteiger partial charge in [0.2, 0.25) is 0 Å². The summed E-state index contributed by atoms with van der Waals surface area (Å²) in [5.41, 5.74) is 8.32. The molecule has 3 heterocycles. The van der Waals surface area contributed by atoms with Crippen LogP contribution in [-0.2, 0) is 11.2 Å². The Morgan fingerprint density at radius 1 is 1.08 bits per heavy atom. The van der Waals surface area contributed by atoms with Gasteiger partial charge >= 0.3 is 0 Å². The molecule has 1 amide bonds. The van der Waals surface area contributed by atoms with E-state index in [0.717, 1.165) is 95.2 Å². The summed E-state index contributed by atoms with van der Waals surface area (Å²) in [5.74, 6) is 1.13. The summed E-state index contributed by atoms with van der Waals surface area (Å²) in [4.78, 5) is 26.5. The van der Waals surface area contributed by atoms with E-state index in [1.807, 2.05) is 19.1 Å². The number of fused-ring (bicyclic) bond motifs is 1. The van der Waals surface area contributed by atoms with Crippen molar-refractivity contribution < 1.29 is 19.4 Å². The van der Waals surface area contributed by atoms with Crippen LogP contribution in [0.4, 0.5) is 23.0 Å². The highest BCUT2D eigenvalue weighted by Gasteiger charge is 2.24. The maximum Gasteiger partial charge on any atom is 0.271 e. The lowest BCUT2D eigenvalue weighted by Gasteiger charge is -2.33. The van der Waals surface area contributed by atoms with Crippen molar-refractivity contribution in [2.75, 3.05) is 68.1 Å². The molecule has 2 fully saturated rings. The number of hydrogen-bond acceptors (Lipinski definition) is 10. The molecular formula is C28H41N7O4. The number of anilines is 4. The topological polar surface area (TPSA) is 138 Å². The van der Waals surface area contributed by atoms with Gasteiger partial charge in [0.05, 0.1) is 37.2 Å². The average Bonchev–Trinajstić information content (AvgIpc) is 2.95. The molecular weight excluding hydrogens is 498 g/mol. The Balaban J connectivity index is 1.30. The number of aliphatic hydroxyl groups is 1. The molecule has 1 aromatic carbocycles. The Bertz CT molecular complexity index is 1130. The SMILES string of the molecule is CCc1nc(C(N)=O)c(Nc2ccc3c(c2)OCCN3CCCN2CCOCC2)nc1NC1CCC(O)CC1. The maximum atomic E-state index is 12.3. The van der Waals surface area contributed by atoms with Crippen LogP contribution in [0.3, 0.4) is 0 Å². The molecule has 212 valence electrons. The lowest BCUT2D eigenvalue weighted by Crippen LogP contribution is -2.39. The van der Waals surface area contributed by atoms with Crippen LogP contribution in [0.5, 0.6) is 5.75 Å². The lowest BCUT2D eigenvalue weighted by molar-refractivity contribution is 0.0376. The van der Waals surface area contributed by atoms with Crippen molar-refractivity contribution in [2.24, 2.45) is 5.73 Å². The van der Waals surface area contributed by atoms with Gasteiger partial charge in [-0.25, -0.2) is 9.97 Å². The molecule has 0 radical (unpaired) electrons. The van der Waals surface area contributed by atoms with Crippen LogP contribution >= 0.6 is 0 Å². The van der Waals surface area contributed by atoms with Crippen LogP contribution in [0.25, 0.3) is 0 Å². The smallest absolute Gasteiger partial charge is 0.271 e. The highest BCUT2D eigenvalue weighted by atomic mass is 16.5. The largest absolute Gasteiger partial charge is 0.489 e. The molecule has 39 heavy (non-hydrogen) atoms. The van der Waals surface area contributed by atoms with Crippen LogP contribution in [0.2, 0.25) is 0 Å². The molecule has 5 N–H and O–H groups in total. The number of aryl methyl sites for hydroxylation is 1. The van der Waals surface area contributed by atoms with Crippen molar-refractivity contribution >= 4 is 28.9 Å². The minimum absolute atomic E-state index is 0.111. The highest BCUT2D eigenvalue weighted by Crippen LogP contribution is 2.35. The number of benzene rings is 1. The molecule has 11 nitrogen and oxygen atoms in total. The van der Waals surface area contributed by atoms with Gasteiger partial charge in [-0.3, -0.25) is 9.69 Å². The van der Waals surface area contributed by atoms with Gasteiger partial charge in [0, 0.05) is 44.0 Å². The zero-order valence-electron chi connectivity index (χ0n) is 22.8. The number of nitrogens with zero attached hydrogens (tertiary/aromatic N) is 4. The second-order valence-electron chi connectivity index (χ2n) is 10.5.